The van der Waals surface area contributed by atoms with Crippen molar-refractivity contribution < 1.29 is 22.7 Å². The van der Waals surface area contributed by atoms with Gasteiger partial charge in [-0.2, -0.15) is 0 Å². The Kier molecular flexibility index (Phi) is 4.70. The molecule has 2 N–H and O–H groups in total. The maximum atomic E-state index is 12.2. The number of ether oxygens (including phenoxy) is 1. The second-order valence-electron chi connectivity index (χ2n) is 5.04. The third-order valence-electron chi connectivity index (χ3n) is 3.47. The van der Waals surface area contributed by atoms with Crippen LogP contribution in [0.2, 0.25) is 0 Å². The van der Waals surface area contributed by atoms with E-state index in [1.54, 1.807) is 19.1 Å². The van der Waals surface area contributed by atoms with Gasteiger partial charge >= 0.3 is 6.09 Å². The summed E-state index contributed by atoms with van der Waals surface area (Å²) in [6.07, 6.45) is -0.241. The van der Waals surface area contributed by atoms with Crippen molar-refractivity contribution >= 4 is 27.5 Å². The fraction of sp³-hybridized carbons (Fsp3) is 0.429. The fourth-order valence-corrected chi connectivity index (χ4v) is 4.12. The highest BCUT2D eigenvalue weighted by Gasteiger charge is 2.36. The van der Waals surface area contributed by atoms with Gasteiger partial charge in [-0.25, -0.2) is 13.2 Å². The minimum absolute atomic E-state index is 0.0486. The summed E-state index contributed by atoms with van der Waals surface area (Å²) in [6, 6.07) is 5.63. The molecule has 1 aliphatic heterocycles. The van der Waals surface area contributed by atoms with Gasteiger partial charge in [0.1, 0.15) is 0 Å². The topological polar surface area (TPSA) is 107 Å². The van der Waals surface area contributed by atoms with Gasteiger partial charge in [0.05, 0.1) is 24.2 Å². The van der Waals surface area contributed by atoms with E-state index in [2.05, 4.69) is 0 Å². The Morgan fingerprint density at radius 3 is 2.41 bits per heavy atom. The second-order valence-corrected chi connectivity index (χ2v) is 7.27. The van der Waals surface area contributed by atoms with Gasteiger partial charge in [0.25, 0.3) is 0 Å². The number of rotatable bonds is 4. The molecular weight excluding hydrogens is 308 g/mol. The van der Waals surface area contributed by atoms with E-state index in [1.807, 2.05) is 0 Å². The van der Waals surface area contributed by atoms with Crippen molar-refractivity contribution in [1.29, 1.82) is 0 Å². The van der Waals surface area contributed by atoms with Crippen LogP contribution in [0.15, 0.2) is 24.3 Å². The van der Waals surface area contributed by atoms with Crippen molar-refractivity contribution in [3.63, 3.8) is 0 Å². The quantitative estimate of drug-likeness (QED) is 0.886. The normalized spacial score (nSPS) is 19.6. The molecule has 1 fully saturated rings. The second kappa shape index (κ2) is 6.35. The average molecular weight is 326 g/mol. The Hall–Kier alpha value is -2.09. The molecule has 1 aromatic carbocycles. The van der Waals surface area contributed by atoms with Crippen molar-refractivity contribution in [2.75, 3.05) is 23.0 Å². The molecule has 2 rings (SSSR count). The van der Waals surface area contributed by atoms with Crippen LogP contribution in [0.3, 0.4) is 0 Å². The molecule has 8 heteroatoms. The molecule has 0 radical (unpaired) electrons. The zero-order valence-corrected chi connectivity index (χ0v) is 13.0. The molecule has 0 saturated carbocycles. The van der Waals surface area contributed by atoms with Crippen LogP contribution in [0, 0.1) is 0 Å². The number of primary amides is 1. The van der Waals surface area contributed by atoms with E-state index in [1.165, 1.54) is 17.0 Å². The van der Waals surface area contributed by atoms with E-state index < -0.39 is 27.9 Å². The summed E-state index contributed by atoms with van der Waals surface area (Å²) in [6.45, 7) is 1.87. The zero-order chi connectivity index (χ0) is 16.3. The van der Waals surface area contributed by atoms with Crippen LogP contribution < -0.4 is 10.6 Å². The van der Waals surface area contributed by atoms with Gasteiger partial charge in [-0.3, -0.25) is 9.69 Å². The predicted molar refractivity (Wildman–Crippen MR) is 81.5 cm³/mol. The first-order chi connectivity index (χ1) is 10.3. The molecule has 0 bridgehead atoms. The molecule has 0 aromatic heterocycles. The SMILES string of the molecule is CCOC(=O)N(c1ccc(C(N)=O)cc1)C1CCS(=O)(=O)C1. The molecule has 120 valence electrons. The molecule has 0 spiro atoms. The van der Waals surface area contributed by atoms with Crippen LogP contribution in [0.25, 0.3) is 0 Å². The van der Waals surface area contributed by atoms with Gasteiger partial charge < -0.3 is 10.5 Å². The molecule has 1 saturated heterocycles. The Labute approximate surface area is 129 Å². The molecule has 1 aliphatic rings. The van der Waals surface area contributed by atoms with Crippen molar-refractivity contribution in [3.8, 4) is 0 Å². The van der Waals surface area contributed by atoms with Gasteiger partial charge in [0, 0.05) is 11.3 Å². The van der Waals surface area contributed by atoms with Crippen LogP contribution in [-0.4, -0.2) is 44.6 Å². The van der Waals surface area contributed by atoms with Gasteiger partial charge in [0.15, 0.2) is 9.84 Å². The first-order valence-corrected chi connectivity index (χ1v) is 8.72. The number of amides is 2. The lowest BCUT2D eigenvalue weighted by Crippen LogP contribution is -2.41. The highest BCUT2D eigenvalue weighted by Crippen LogP contribution is 2.25. The number of nitrogens with two attached hydrogens (primary N) is 1. The highest BCUT2D eigenvalue weighted by atomic mass is 32.2. The summed E-state index contributed by atoms with van der Waals surface area (Å²) in [7, 11) is -3.14. The summed E-state index contributed by atoms with van der Waals surface area (Å²) < 4.78 is 28.3. The fourth-order valence-electron chi connectivity index (χ4n) is 2.42. The van der Waals surface area contributed by atoms with Crippen LogP contribution in [0.4, 0.5) is 10.5 Å². The zero-order valence-electron chi connectivity index (χ0n) is 12.2. The lowest BCUT2D eigenvalue weighted by Gasteiger charge is -2.27. The summed E-state index contributed by atoms with van der Waals surface area (Å²) in [5.41, 5.74) is 5.97. The number of carbonyl (C=O) groups excluding carboxylic acids is 2. The molecule has 0 aliphatic carbocycles. The van der Waals surface area contributed by atoms with Gasteiger partial charge in [-0.05, 0) is 37.6 Å². The number of nitrogens with zero attached hydrogens (tertiary/aromatic N) is 1. The van der Waals surface area contributed by atoms with Gasteiger partial charge in [0.2, 0.25) is 5.91 Å². The molecule has 22 heavy (non-hydrogen) atoms. The number of carbonyl (C=O) groups is 2. The molecule has 1 atom stereocenters. The molecular formula is C14H18N2O5S. The first-order valence-electron chi connectivity index (χ1n) is 6.90. The maximum absolute atomic E-state index is 12.2. The predicted octanol–water partition coefficient (Wildman–Crippen LogP) is 0.936. The Balaban J connectivity index is 2.32. The molecule has 1 heterocycles. The Bertz CT molecular complexity index is 669. The highest BCUT2D eigenvalue weighted by molar-refractivity contribution is 7.91. The summed E-state index contributed by atoms with van der Waals surface area (Å²) in [5.74, 6) is -0.617. The standard InChI is InChI=1S/C14H18N2O5S/c1-2-21-14(18)16(12-7-8-22(19,20)9-12)11-5-3-10(4-6-11)13(15)17/h3-6,12H,2,7-9H2,1H3,(H2,15,17). The maximum Gasteiger partial charge on any atom is 0.414 e. The average Bonchev–Trinajstić information content (AvgIpc) is 2.80. The van der Waals surface area contributed by atoms with Crippen LogP contribution in [-0.2, 0) is 14.6 Å². The number of sulfone groups is 1. The first kappa shape index (κ1) is 16.3. The van der Waals surface area contributed by atoms with Gasteiger partial charge in [-0.15, -0.1) is 0 Å². The van der Waals surface area contributed by atoms with E-state index >= 15 is 0 Å². The number of hydrogen-bond donors (Lipinski definition) is 1. The van der Waals surface area contributed by atoms with Gasteiger partial charge in [-0.1, -0.05) is 0 Å². The van der Waals surface area contributed by atoms with Crippen molar-refractivity contribution in [1.82, 2.24) is 0 Å². The van der Waals surface area contributed by atoms with E-state index in [4.69, 9.17) is 10.5 Å². The van der Waals surface area contributed by atoms with Crippen molar-refractivity contribution in [2.45, 2.75) is 19.4 Å². The molecule has 2 amide bonds. The van der Waals surface area contributed by atoms with E-state index in [0.29, 0.717) is 17.7 Å². The molecule has 1 unspecified atom stereocenters. The van der Waals surface area contributed by atoms with E-state index in [-0.39, 0.29) is 18.1 Å². The van der Waals surface area contributed by atoms with Crippen molar-refractivity contribution in [3.05, 3.63) is 29.8 Å². The largest absolute Gasteiger partial charge is 0.449 e. The summed E-state index contributed by atoms with van der Waals surface area (Å²) in [4.78, 5) is 24.6. The lowest BCUT2D eigenvalue weighted by atomic mass is 10.1. The minimum Gasteiger partial charge on any atom is -0.449 e. The van der Waals surface area contributed by atoms with E-state index in [9.17, 15) is 18.0 Å². The van der Waals surface area contributed by atoms with Crippen molar-refractivity contribution in [2.24, 2.45) is 5.73 Å². The van der Waals surface area contributed by atoms with Crippen LogP contribution in [0.1, 0.15) is 23.7 Å². The lowest BCUT2D eigenvalue weighted by molar-refractivity contribution is 0.1000. The third kappa shape index (κ3) is 3.56. The van der Waals surface area contributed by atoms with Crippen LogP contribution in [0.5, 0.6) is 0 Å². The summed E-state index contributed by atoms with van der Waals surface area (Å²) >= 11 is 0. The minimum atomic E-state index is -3.14. The Morgan fingerprint density at radius 2 is 1.95 bits per heavy atom. The Morgan fingerprint density at radius 1 is 1.32 bits per heavy atom. The van der Waals surface area contributed by atoms with E-state index in [0.717, 1.165) is 0 Å². The van der Waals surface area contributed by atoms with Crippen LogP contribution >= 0.6 is 0 Å². The smallest absolute Gasteiger partial charge is 0.414 e. The number of benzene rings is 1. The molecule has 1 aromatic rings. The number of anilines is 1. The third-order valence-corrected chi connectivity index (χ3v) is 5.22. The number of hydrogen-bond acceptors (Lipinski definition) is 5. The molecule has 7 nitrogen and oxygen atoms in total. The monoisotopic (exact) mass is 326 g/mol. The summed E-state index contributed by atoms with van der Waals surface area (Å²) in [5, 5.41) is 0.